The second-order valence-corrected chi connectivity index (χ2v) is 5.26. The molecule has 1 aromatic carbocycles. The van der Waals surface area contributed by atoms with Crippen molar-refractivity contribution in [3.63, 3.8) is 0 Å². The number of carbonyl (C=O) groups excluding carboxylic acids is 1. The van der Waals surface area contributed by atoms with Gasteiger partial charge in [0.2, 0.25) is 5.89 Å². The van der Waals surface area contributed by atoms with Crippen LogP contribution in [0.15, 0.2) is 47.0 Å². The first-order chi connectivity index (χ1) is 11.5. The maximum atomic E-state index is 14.2. The molecule has 2 heterocycles. The van der Waals surface area contributed by atoms with Crippen molar-refractivity contribution in [1.82, 2.24) is 20.4 Å². The van der Waals surface area contributed by atoms with Gasteiger partial charge in [0.25, 0.3) is 5.91 Å². The van der Waals surface area contributed by atoms with Gasteiger partial charge in [-0.05, 0) is 25.1 Å². The summed E-state index contributed by atoms with van der Waals surface area (Å²) in [4.78, 5) is 20.8. The van der Waals surface area contributed by atoms with Crippen molar-refractivity contribution in [2.75, 3.05) is 0 Å². The molecule has 3 rings (SSSR count). The van der Waals surface area contributed by atoms with Gasteiger partial charge in [0.15, 0.2) is 5.82 Å². The molecule has 0 bridgehead atoms. The Morgan fingerprint density at radius 3 is 2.58 bits per heavy atom. The third kappa shape index (κ3) is 3.29. The van der Waals surface area contributed by atoms with E-state index in [0.717, 1.165) is 0 Å². The summed E-state index contributed by atoms with van der Waals surface area (Å²) >= 11 is 0. The fraction of sp³-hybridized carbons (Fsp3) is 0.176. The van der Waals surface area contributed by atoms with Gasteiger partial charge in [0, 0.05) is 18.2 Å². The van der Waals surface area contributed by atoms with Crippen molar-refractivity contribution in [3.05, 3.63) is 76.9 Å². The highest BCUT2D eigenvalue weighted by Gasteiger charge is 2.25. The number of amides is 1. The van der Waals surface area contributed by atoms with E-state index in [2.05, 4.69) is 20.4 Å². The van der Waals surface area contributed by atoms with Crippen LogP contribution in [0.3, 0.4) is 0 Å². The van der Waals surface area contributed by atoms with Crippen LogP contribution in [0.5, 0.6) is 0 Å². The second-order valence-electron chi connectivity index (χ2n) is 5.26. The van der Waals surface area contributed by atoms with Crippen molar-refractivity contribution in [3.8, 4) is 0 Å². The van der Waals surface area contributed by atoms with Gasteiger partial charge in [-0.2, -0.15) is 4.98 Å². The van der Waals surface area contributed by atoms with Crippen LogP contribution in [-0.4, -0.2) is 21.0 Å². The standard InChI is InChI=1S/C17H15FN4O2/c1-10-6-5-9-14(19-10)17(23)21-15(16-20-11(2)24-22-16)12-7-3-4-8-13(12)18/h3-9,15H,1-2H3,(H,21,23)/t15-/m1/s1. The summed E-state index contributed by atoms with van der Waals surface area (Å²) in [5.74, 6) is -0.412. The maximum absolute atomic E-state index is 14.2. The average Bonchev–Trinajstić information content (AvgIpc) is 2.99. The lowest BCUT2D eigenvalue weighted by Crippen LogP contribution is -2.31. The zero-order chi connectivity index (χ0) is 17.1. The van der Waals surface area contributed by atoms with E-state index in [1.54, 1.807) is 50.2 Å². The first kappa shape index (κ1) is 15.8. The molecule has 0 aliphatic rings. The van der Waals surface area contributed by atoms with Gasteiger partial charge in [-0.15, -0.1) is 0 Å². The molecule has 0 saturated carbocycles. The Morgan fingerprint density at radius 1 is 1.12 bits per heavy atom. The fourth-order valence-corrected chi connectivity index (χ4v) is 2.30. The van der Waals surface area contributed by atoms with Gasteiger partial charge in [-0.3, -0.25) is 4.79 Å². The van der Waals surface area contributed by atoms with Crippen molar-refractivity contribution in [2.45, 2.75) is 19.9 Å². The Balaban J connectivity index is 1.96. The summed E-state index contributed by atoms with van der Waals surface area (Å²) in [6, 6.07) is 10.3. The average molecular weight is 326 g/mol. The number of benzene rings is 1. The number of nitrogens with zero attached hydrogens (tertiary/aromatic N) is 3. The number of pyridine rings is 1. The molecule has 1 N–H and O–H groups in total. The van der Waals surface area contributed by atoms with E-state index in [-0.39, 0.29) is 17.1 Å². The van der Waals surface area contributed by atoms with Gasteiger partial charge < -0.3 is 9.84 Å². The van der Waals surface area contributed by atoms with E-state index >= 15 is 0 Å². The highest BCUT2D eigenvalue weighted by atomic mass is 19.1. The lowest BCUT2D eigenvalue weighted by molar-refractivity contribution is 0.0935. The van der Waals surface area contributed by atoms with Crippen LogP contribution >= 0.6 is 0 Å². The lowest BCUT2D eigenvalue weighted by atomic mass is 10.1. The number of halogens is 1. The van der Waals surface area contributed by atoms with Crippen LogP contribution in [0.1, 0.15) is 39.5 Å². The summed E-state index contributed by atoms with van der Waals surface area (Å²) in [6.07, 6.45) is 0. The molecule has 24 heavy (non-hydrogen) atoms. The molecule has 0 aliphatic heterocycles. The third-order valence-electron chi connectivity index (χ3n) is 3.41. The van der Waals surface area contributed by atoms with Crippen LogP contribution in [0, 0.1) is 19.7 Å². The highest BCUT2D eigenvalue weighted by Crippen LogP contribution is 2.22. The minimum Gasteiger partial charge on any atom is -0.340 e. The van der Waals surface area contributed by atoms with Crippen LogP contribution in [0.25, 0.3) is 0 Å². The largest absolute Gasteiger partial charge is 0.340 e. The SMILES string of the molecule is Cc1cccc(C(=O)N[C@@H](c2noc(C)n2)c2ccccc2F)n1. The summed E-state index contributed by atoms with van der Waals surface area (Å²) in [5, 5.41) is 6.53. The number of carbonyl (C=O) groups is 1. The minimum atomic E-state index is -0.876. The molecule has 0 fully saturated rings. The van der Waals surface area contributed by atoms with E-state index in [9.17, 15) is 9.18 Å². The van der Waals surface area contributed by atoms with Crippen LogP contribution in [-0.2, 0) is 0 Å². The molecule has 0 radical (unpaired) electrons. The molecule has 0 saturated heterocycles. The molecule has 6 nitrogen and oxygen atoms in total. The normalized spacial score (nSPS) is 12.0. The monoisotopic (exact) mass is 326 g/mol. The van der Waals surface area contributed by atoms with Gasteiger partial charge >= 0.3 is 0 Å². The first-order valence-electron chi connectivity index (χ1n) is 7.34. The molecule has 2 aromatic heterocycles. The van der Waals surface area contributed by atoms with E-state index < -0.39 is 17.8 Å². The molecule has 0 unspecified atom stereocenters. The van der Waals surface area contributed by atoms with Crippen molar-refractivity contribution >= 4 is 5.91 Å². The Kier molecular flexibility index (Phi) is 4.33. The number of hydrogen-bond acceptors (Lipinski definition) is 5. The summed E-state index contributed by atoms with van der Waals surface area (Å²) in [6.45, 7) is 3.41. The predicted molar refractivity (Wildman–Crippen MR) is 83.7 cm³/mol. The number of nitrogens with one attached hydrogen (secondary N) is 1. The first-order valence-corrected chi connectivity index (χ1v) is 7.34. The third-order valence-corrected chi connectivity index (χ3v) is 3.41. The fourth-order valence-electron chi connectivity index (χ4n) is 2.30. The van der Waals surface area contributed by atoms with Crippen molar-refractivity contribution in [1.29, 1.82) is 0 Å². The van der Waals surface area contributed by atoms with Gasteiger partial charge in [-0.1, -0.05) is 29.4 Å². The Bertz CT molecular complexity index is 878. The summed E-state index contributed by atoms with van der Waals surface area (Å²) in [7, 11) is 0. The van der Waals surface area contributed by atoms with E-state index in [1.165, 1.54) is 6.07 Å². The molecule has 0 spiro atoms. The Hall–Kier alpha value is -3.09. The lowest BCUT2D eigenvalue weighted by Gasteiger charge is -2.16. The Morgan fingerprint density at radius 2 is 1.92 bits per heavy atom. The van der Waals surface area contributed by atoms with Crippen molar-refractivity contribution in [2.24, 2.45) is 0 Å². The summed E-state index contributed by atoms with van der Waals surface area (Å²) in [5.41, 5.74) is 1.19. The molecule has 0 aliphatic carbocycles. The van der Waals surface area contributed by atoms with Crippen molar-refractivity contribution < 1.29 is 13.7 Å². The van der Waals surface area contributed by atoms with E-state index in [0.29, 0.717) is 11.6 Å². The van der Waals surface area contributed by atoms with Crippen LogP contribution in [0.2, 0.25) is 0 Å². The molecular formula is C17H15FN4O2. The second kappa shape index (κ2) is 6.57. The number of aryl methyl sites for hydroxylation is 2. The van der Waals surface area contributed by atoms with E-state index in [1.807, 2.05) is 0 Å². The highest BCUT2D eigenvalue weighted by molar-refractivity contribution is 5.92. The zero-order valence-corrected chi connectivity index (χ0v) is 13.2. The predicted octanol–water partition coefficient (Wildman–Crippen LogP) is 2.74. The van der Waals surface area contributed by atoms with Crippen LogP contribution < -0.4 is 5.32 Å². The van der Waals surface area contributed by atoms with Gasteiger partial charge in [0.05, 0.1) is 0 Å². The molecular weight excluding hydrogens is 311 g/mol. The molecule has 1 amide bonds. The van der Waals surface area contributed by atoms with Gasteiger partial charge in [0.1, 0.15) is 17.6 Å². The smallest absolute Gasteiger partial charge is 0.270 e. The zero-order valence-electron chi connectivity index (χ0n) is 13.2. The quantitative estimate of drug-likeness (QED) is 0.797. The van der Waals surface area contributed by atoms with Gasteiger partial charge in [-0.25, -0.2) is 9.37 Å². The Labute approximate surface area is 137 Å². The molecule has 122 valence electrons. The topological polar surface area (TPSA) is 80.9 Å². The molecule has 7 heteroatoms. The molecule has 1 atom stereocenters. The number of hydrogen-bond donors (Lipinski definition) is 1. The number of aromatic nitrogens is 3. The maximum Gasteiger partial charge on any atom is 0.270 e. The molecule has 3 aromatic rings. The minimum absolute atomic E-state index is 0.179. The summed E-state index contributed by atoms with van der Waals surface area (Å²) < 4.78 is 19.2. The van der Waals surface area contributed by atoms with E-state index in [4.69, 9.17) is 4.52 Å². The number of rotatable bonds is 4. The van der Waals surface area contributed by atoms with Crippen LogP contribution in [0.4, 0.5) is 4.39 Å².